The van der Waals surface area contributed by atoms with Gasteiger partial charge in [-0.25, -0.2) is 9.59 Å². The number of nitrogens with zero attached hydrogens (tertiary/aromatic N) is 2. The molecule has 1 heterocycles. The molecular weight excluding hydrogens is 262 g/mol. The number of nitriles is 1. The first-order chi connectivity index (χ1) is 9.30. The van der Waals surface area contributed by atoms with Crippen molar-refractivity contribution in [2.45, 2.75) is 32.8 Å². The molecule has 0 bridgehead atoms. The lowest BCUT2D eigenvalue weighted by atomic mass is 10.2. The summed E-state index contributed by atoms with van der Waals surface area (Å²) in [6.07, 6.45) is -0.640. The molecule has 20 heavy (non-hydrogen) atoms. The van der Waals surface area contributed by atoms with E-state index in [1.807, 2.05) is 6.07 Å². The second-order valence-electron chi connectivity index (χ2n) is 5.21. The highest BCUT2D eigenvalue weighted by Gasteiger charge is 2.33. The molecule has 0 aromatic rings. The number of hydrogen-bond donors (Lipinski definition) is 1. The van der Waals surface area contributed by atoms with Crippen molar-refractivity contribution in [2.75, 3.05) is 20.2 Å². The van der Waals surface area contributed by atoms with Gasteiger partial charge in [0.15, 0.2) is 5.70 Å². The van der Waals surface area contributed by atoms with Crippen LogP contribution in [0.1, 0.15) is 27.2 Å². The predicted molar refractivity (Wildman–Crippen MR) is 70.2 cm³/mol. The first-order valence-corrected chi connectivity index (χ1v) is 6.23. The lowest BCUT2D eigenvalue weighted by molar-refractivity contribution is -0.138. The molecule has 0 aromatic heterocycles. The molecule has 0 saturated carbocycles. The van der Waals surface area contributed by atoms with Crippen LogP contribution in [0, 0.1) is 11.3 Å². The van der Waals surface area contributed by atoms with E-state index >= 15 is 0 Å². The molecule has 0 radical (unpaired) electrons. The van der Waals surface area contributed by atoms with E-state index in [1.54, 1.807) is 20.8 Å². The Morgan fingerprint density at radius 1 is 1.45 bits per heavy atom. The van der Waals surface area contributed by atoms with Gasteiger partial charge < -0.3 is 14.8 Å². The topological polar surface area (TPSA) is 91.7 Å². The van der Waals surface area contributed by atoms with Crippen LogP contribution < -0.4 is 5.32 Å². The highest BCUT2D eigenvalue weighted by Crippen LogP contribution is 2.20. The number of nitrogens with one attached hydrogen (secondary N) is 1. The normalized spacial score (nSPS) is 15.2. The van der Waals surface area contributed by atoms with Crippen LogP contribution in [0.5, 0.6) is 0 Å². The van der Waals surface area contributed by atoms with Crippen LogP contribution in [0.4, 0.5) is 4.79 Å². The van der Waals surface area contributed by atoms with E-state index in [0.29, 0.717) is 12.2 Å². The van der Waals surface area contributed by atoms with E-state index in [-0.39, 0.29) is 18.7 Å². The summed E-state index contributed by atoms with van der Waals surface area (Å²) in [6.45, 7) is 5.94. The summed E-state index contributed by atoms with van der Waals surface area (Å²) < 4.78 is 9.94. The summed E-state index contributed by atoms with van der Waals surface area (Å²) in [5, 5.41) is 11.7. The summed E-state index contributed by atoms with van der Waals surface area (Å²) in [5.74, 6) is -0.673. The lowest BCUT2D eigenvalue weighted by Crippen LogP contribution is -2.47. The summed E-state index contributed by atoms with van der Waals surface area (Å²) in [7, 11) is 1.22. The van der Waals surface area contributed by atoms with Crippen LogP contribution in [-0.4, -0.2) is 42.8 Å². The number of allylic oxidation sites excluding steroid dienone is 1. The zero-order valence-electron chi connectivity index (χ0n) is 12.1. The van der Waals surface area contributed by atoms with Gasteiger partial charge in [0.2, 0.25) is 0 Å². The number of methoxy groups -OCH3 is 1. The second kappa shape index (κ2) is 6.28. The molecule has 0 aliphatic carbocycles. The monoisotopic (exact) mass is 281 g/mol. The molecule has 7 nitrogen and oxygen atoms in total. The maximum absolute atomic E-state index is 12.1. The number of carbonyl (C=O) groups is 2. The minimum Gasteiger partial charge on any atom is -0.464 e. The number of esters is 1. The Morgan fingerprint density at radius 3 is 2.60 bits per heavy atom. The highest BCUT2D eigenvalue weighted by molar-refractivity contribution is 5.93. The predicted octanol–water partition coefficient (Wildman–Crippen LogP) is 1.12. The summed E-state index contributed by atoms with van der Waals surface area (Å²) in [5.41, 5.74) is -0.260. The largest absolute Gasteiger partial charge is 0.464 e. The molecular formula is C13H19N3O4. The van der Waals surface area contributed by atoms with Crippen LogP contribution in [0.2, 0.25) is 0 Å². The van der Waals surface area contributed by atoms with Gasteiger partial charge in [0, 0.05) is 13.1 Å². The van der Waals surface area contributed by atoms with Gasteiger partial charge >= 0.3 is 12.1 Å². The van der Waals surface area contributed by atoms with E-state index < -0.39 is 17.7 Å². The van der Waals surface area contributed by atoms with Crippen molar-refractivity contribution in [3.63, 3.8) is 0 Å². The molecule has 1 N–H and O–H groups in total. The molecule has 7 heteroatoms. The maximum Gasteiger partial charge on any atom is 0.415 e. The molecule has 1 amide bonds. The molecule has 0 saturated heterocycles. The van der Waals surface area contributed by atoms with Crippen molar-refractivity contribution in [2.24, 2.45) is 0 Å². The van der Waals surface area contributed by atoms with Crippen molar-refractivity contribution in [1.82, 2.24) is 10.2 Å². The van der Waals surface area contributed by atoms with Crippen LogP contribution in [0.3, 0.4) is 0 Å². The molecule has 0 atom stereocenters. The summed E-state index contributed by atoms with van der Waals surface area (Å²) >= 11 is 0. The Kier molecular flexibility index (Phi) is 4.97. The SMILES string of the molecule is COC(=O)C1=C(CC#N)NCCN1C(=O)OC(C)(C)C. The number of carbonyl (C=O) groups excluding carboxylic acids is 2. The third-order valence-electron chi connectivity index (χ3n) is 2.48. The lowest BCUT2D eigenvalue weighted by Gasteiger charge is -2.32. The zero-order chi connectivity index (χ0) is 15.3. The third-order valence-corrected chi connectivity index (χ3v) is 2.48. The molecule has 1 aliphatic heterocycles. The van der Waals surface area contributed by atoms with Crippen molar-refractivity contribution in [3.05, 3.63) is 11.4 Å². The molecule has 0 fully saturated rings. The maximum atomic E-state index is 12.1. The molecule has 0 aromatic carbocycles. The fourth-order valence-corrected chi connectivity index (χ4v) is 1.73. The van der Waals surface area contributed by atoms with Crippen LogP contribution in [0.25, 0.3) is 0 Å². The molecule has 0 unspecified atom stereocenters. The minimum atomic E-state index is -0.673. The van der Waals surface area contributed by atoms with E-state index in [2.05, 4.69) is 10.1 Å². The van der Waals surface area contributed by atoms with Crippen LogP contribution >= 0.6 is 0 Å². The van der Waals surface area contributed by atoms with Gasteiger partial charge in [0.1, 0.15) is 5.60 Å². The van der Waals surface area contributed by atoms with E-state index in [1.165, 1.54) is 12.0 Å². The zero-order valence-corrected chi connectivity index (χ0v) is 12.1. The Labute approximate surface area is 118 Å². The highest BCUT2D eigenvalue weighted by atomic mass is 16.6. The molecule has 1 aliphatic rings. The Balaban J connectivity index is 3.10. The Bertz CT molecular complexity index is 471. The van der Waals surface area contributed by atoms with E-state index in [9.17, 15) is 9.59 Å². The third kappa shape index (κ3) is 3.88. The first-order valence-electron chi connectivity index (χ1n) is 6.23. The fourth-order valence-electron chi connectivity index (χ4n) is 1.73. The van der Waals surface area contributed by atoms with E-state index in [0.717, 1.165) is 0 Å². The standard InChI is InChI=1S/C13H19N3O4/c1-13(2,3)20-12(18)16-8-7-15-9(5-6-14)10(16)11(17)19-4/h15H,5,7-8H2,1-4H3. The van der Waals surface area contributed by atoms with Gasteiger partial charge in [-0.3, -0.25) is 4.90 Å². The Morgan fingerprint density at radius 2 is 2.10 bits per heavy atom. The average molecular weight is 281 g/mol. The van der Waals surface area contributed by atoms with Gasteiger partial charge in [-0.2, -0.15) is 5.26 Å². The summed E-state index contributed by atoms with van der Waals surface area (Å²) in [4.78, 5) is 25.2. The number of rotatable bonds is 2. The van der Waals surface area contributed by atoms with Crippen molar-refractivity contribution < 1.29 is 19.1 Å². The number of ether oxygens (including phenoxy) is 2. The first kappa shape index (κ1) is 15.8. The van der Waals surface area contributed by atoms with Crippen molar-refractivity contribution >= 4 is 12.1 Å². The Hall–Kier alpha value is -2.23. The van der Waals surface area contributed by atoms with Crippen LogP contribution in [0.15, 0.2) is 11.4 Å². The van der Waals surface area contributed by atoms with Crippen molar-refractivity contribution in [1.29, 1.82) is 5.26 Å². The smallest absolute Gasteiger partial charge is 0.415 e. The van der Waals surface area contributed by atoms with Gasteiger partial charge in [0.05, 0.1) is 25.3 Å². The van der Waals surface area contributed by atoms with Gasteiger partial charge in [-0.15, -0.1) is 0 Å². The van der Waals surface area contributed by atoms with Gasteiger partial charge in [-0.1, -0.05) is 0 Å². The fraction of sp³-hybridized carbons (Fsp3) is 0.615. The number of hydrogen-bond acceptors (Lipinski definition) is 6. The minimum absolute atomic E-state index is 0.0102. The average Bonchev–Trinajstić information content (AvgIpc) is 2.36. The van der Waals surface area contributed by atoms with Gasteiger partial charge in [0.25, 0.3) is 0 Å². The molecule has 0 spiro atoms. The second-order valence-corrected chi connectivity index (χ2v) is 5.21. The quantitative estimate of drug-likeness (QED) is 0.763. The summed E-state index contributed by atoms with van der Waals surface area (Å²) in [6, 6.07) is 1.95. The van der Waals surface area contributed by atoms with Crippen LogP contribution in [-0.2, 0) is 14.3 Å². The van der Waals surface area contributed by atoms with E-state index in [4.69, 9.17) is 10.00 Å². The number of amides is 1. The molecule has 110 valence electrons. The molecule has 1 rings (SSSR count). The van der Waals surface area contributed by atoms with Gasteiger partial charge in [-0.05, 0) is 20.8 Å². The van der Waals surface area contributed by atoms with Crippen molar-refractivity contribution in [3.8, 4) is 6.07 Å².